The molecule has 0 aromatic carbocycles. The highest BCUT2D eigenvalue weighted by Crippen LogP contribution is 2.41. The first kappa shape index (κ1) is 9.53. The lowest BCUT2D eigenvalue weighted by molar-refractivity contribution is -0.123. The van der Waals surface area contributed by atoms with Crippen LogP contribution in [-0.2, 0) is 4.79 Å². The molecule has 0 aromatic heterocycles. The molecule has 0 aromatic rings. The topological polar surface area (TPSA) is 20.3 Å². The quantitative estimate of drug-likeness (QED) is 0.670. The molecule has 0 amide bonds. The molecule has 2 saturated heterocycles. The van der Waals surface area contributed by atoms with Crippen LogP contribution >= 0.6 is 11.8 Å². The fourth-order valence-corrected chi connectivity index (χ4v) is 4.22. The summed E-state index contributed by atoms with van der Waals surface area (Å²) in [7, 11) is 2.09. The number of likely N-dealkylation sites (N-methyl/N-ethyl adjacent to an activating group) is 1. The molecule has 3 unspecified atom stereocenters. The summed E-state index contributed by atoms with van der Waals surface area (Å²) >= 11 is 2.05. The molecular formula is C10H17NOS. The molecular weight excluding hydrogens is 182 g/mol. The summed E-state index contributed by atoms with van der Waals surface area (Å²) in [6, 6.07) is 0.241. The number of fused-ring (bicyclic) bond motifs is 1. The van der Waals surface area contributed by atoms with Crippen molar-refractivity contribution < 1.29 is 4.79 Å². The number of carbonyl (C=O) groups is 1. The molecule has 0 bridgehead atoms. The number of hydrogen-bond acceptors (Lipinski definition) is 3. The highest BCUT2D eigenvalue weighted by Gasteiger charge is 2.45. The van der Waals surface area contributed by atoms with E-state index < -0.39 is 0 Å². The third-order valence-corrected chi connectivity index (χ3v) is 4.69. The number of thioether (sulfide) groups is 1. The van der Waals surface area contributed by atoms with Crippen molar-refractivity contribution in [3.63, 3.8) is 0 Å². The van der Waals surface area contributed by atoms with Gasteiger partial charge in [-0.2, -0.15) is 11.8 Å². The Hall–Kier alpha value is -0.0200. The van der Waals surface area contributed by atoms with E-state index in [0.717, 1.165) is 11.8 Å². The van der Waals surface area contributed by atoms with Gasteiger partial charge in [-0.05, 0) is 25.1 Å². The predicted molar refractivity (Wildman–Crippen MR) is 56.1 cm³/mol. The van der Waals surface area contributed by atoms with Crippen molar-refractivity contribution in [3.8, 4) is 0 Å². The van der Waals surface area contributed by atoms with Gasteiger partial charge in [-0.25, -0.2) is 0 Å². The zero-order valence-corrected chi connectivity index (χ0v) is 9.14. The normalized spacial score (nSPS) is 39.4. The number of nitrogens with zero attached hydrogens (tertiary/aromatic N) is 1. The average Bonchev–Trinajstić information content (AvgIpc) is 2.62. The van der Waals surface area contributed by atoms with E-state index in [1.54, 1.807) is 0 Å². The van der Waals surface area contributed by atoms with Crippen LogP contribution < -0.4 is 0 Å². The third kappa shape index (κ3) is 1.52. The predicted octanol–water partition coefficient (Wildman–Crippen LogP) is 1.40. The van der Waals surface area contributed by atoms with Gasteiger partial charge in [-0.15, -0.1) is 0 Å². The Morgan fingerprint density at radius 2 is 2.38 bits per heavy atom. The Morgan fingerprint density at radius 3 is 3.08 bits per heavy atom. The van der Waals surface area contributed by atoms with Crippen LogP contribution in [0.3, 0.4) is 0 Å². The van der Waals surface area contributed by atoms with Crippen LogP contribution in [0.2, 0.25) is 0 Å². The first-order chi connectivity index (χ1) is 6.24. The Balaban J connectivity index is 2.12. The second kappa shape index (κ2) is 3.62. The first-order valence-corrected chi connectivity index (χ1v) is 6.13. The van der Waals surface area contributed by atoms with Crippen LogP contribution in [0.4, 0.5) is 0 Å². The highest BCUT2D eigenvalue weighted by molar-refractivity contribution is 8.00. The van der Waals surface area contributed by atoms with Crippen molar-refractivity contribution in [3.05, 3.63) is 0 Å². The van der Waals surface area contributed by atoms with Gasteiger partial charge >= 0.3 is 0 Å². The molecule has 0 saturated carbocycles. The largest absolute Gasteiger partial charge is 0.298 e. The van der Waals surface area contributed by atoms with Crippen LogP contribution in [0, 0.1) is 5.92 Å². The van der Waals surface area contributed by atoms with E-state index in [1.807, 2.05) is 6.92 Å². The Kier molecular flexibility index (Phi) is 2.65. The lowest BCUT2D eigenvalue weighted by atomic mass is 9.93. The average molecular weight is 199 g/mol. The molecule has 2 rings (SSSR count). The maximum atomic E-state index is 11.7. The van der Waals surface area contributed by atoms with Gasteiger partial charge in [0.1, 0.15) is 5.78 Å². The zero-order valence-electron chi connectivity index (χ0n) is 8.32. The van der Waals surface area contributed by atoms with Crippen LogP contribution in [0.5, 0.6) is 0 Å². The molecule has 0 radical (unpaired) electrons. The summed E-state index contributed by atoms with van der Waals surface area (Å²) in [4.78, 5) is 14.0. The molecule has 3 heteroatoms. The summed E-state index contributed by atoms with van der Waals surface area (Å²) in [5.74, 6) is 2.36. The van der Waals surface area contributed by atoms with E-state index in [2.05, 4.69) is 23.7 Å². The van der Waals surface area contributed by atoms with Crippen LogP contribution in [-0.4, -0.2) is 41.3 Å². The second-order valence-corrected chi connectivity index (χ2v) is 5.41. The third-order valence-electron chi connectivity index (χ3n) is 3.29. The molecule has 0 aliphatic carbocycles. The van der Waals surface area contributed by atoms with Gasteiger partial charge < -0.3 is 0 Å². The van der Waals surface area contributed by atoms with Gasteiger partial charge in [0.25, 0.3) is 0 Å². The van der Waals surface area contributed by atoms with E-state index in [0.29, 0.717) is 18.1 Å². The monoisotopic (exact) mass is 199 g/mol. The van der Waals surface area contributed by atoms with Crippen molar-refractivity contribution in [1.82, 2.24) is 4.90 Å². The lowest BCUT2D eigenvalue weighted by Gasteiger charge is -2.21. The summed E-state index contributed by atoms with van der Waals surface area (Å²) < 4.78 is 0. The Bertz CT molecular complexity index is 219. The Morgan fingerprint density at radius 1 is 1.62 bits per heavy atom. The van der Waals surface area contributed by atoms with Gasteiger partial charge in [-0.1, -0.05) is 6.92 Å². The van der Waals surface area contributed by atoms with Crippen molar-refractivity contribution in [2.75, 3.05) is 19.3 Å². The van der Waals surface area contributed by atoms with Gasteiger partial charge in [0, 0.05) is 18.2 Å². The SMILES string of the molecule is CCC(=O)C1C2CCSC2CN1C. The number of hydrogen-bond donors (Lipinski definition) is 0. The van der Waals surface area contributed by atoms with Gasteiger partial charge in [0.05, 0.1) is 6.04 Å². The number of likely N-dealkylation sites (tertiary alicyclic amines) is 1. The van der Waals surface area contributed by atoms with Crippen molar-refractivity contribution in [2.24, 2.45) is 5.92 Å². The number of carbonyl (C=O) groups excluding carboxylic acids is 1. The van der Waals surface area contributed by atoms with Gasteiger partial charge in [0.15, 0.2) is 0 Å². The van der Waals surface area contributed by atoms with E-state index in [-0.39, 0.29) is 6.04 Å². The first-order valence-electron chi connectivity index (χ1n) is 5.08. The summed E-state index contributed by atoms with van der Waals surface area (Å²) in [6.45, 7) is 3.09. The molecule has 2 nitrogen and oxygen atoms in total. The number of rotatable bonds is 2. The minimum absolute atomic E-state index is 0.241. The molecule has 0 N–H and O–H groups in total. The molecule has 13 heavy (non-hydrogen) atoms. The maximum absolute atomic E-state index is 11.7. The van der Waals surface area contributed by atoms with Crippen LogP contribution in [0.1, 0.15) is 19.8 Å². The zero-order chi connectivity index (χ0) is 9.42. The minimum Gasteiger partial charge on any atom is -0.298 e. The second-order valence-electron chi connectivity index (χ2n) is 4.07. The summed E-state index contributed by atoms with van der Waals surface area (Å²) in [6.07, 6.45) is 1.94. The molecule has 2 heterocycles. The van der Waals surface area contributed by atoms with E-state index in [4.69, 9.17) is 0 Å². The minimum atomic E-state index is 0.241. The summed E-state index contributed by atoms with van der Waals surface area (Å²) in [5, 5.41) is 0.741. The smallest absolute Gasteiger partial charge is 0.150 e. The van der Waals surface area contributed by atoms with Gasteiger partial charge in [0.2, 0.25) is 0 Å². The maximum Gasteiger partial charge on any atom is 0.150 e. The molecule has 2 aliphatic heterocycles. The Labute approximate surface area is 84.1 Å². The van der Waals surface area contributed by atoms with E-state index in [1.165, 1.54) is 12.2 Å². The lowest BCUT2D eigenvalue weighted by Crippen LogP contribution is -2.36. The summed E-state index contributed by atoms with van der Waals surface area (Å²) in [5.41, 5.74) is 0. The highest BCUT2D eigenvalue weighted by atomic mass is 32.2. The van der Waals surface area contributed by atoms with Crippen molar-refractivity contribution in [2.45, 2.75) is 31.1 Å². The molecule has 0 spiro atoms. The molecule has 74 valence electrons. The fourth-order valence-electron chi connectivity index (χ4n) is 2.63. The van der Waals surface area contributed by atoms with Crippen molar-refractivity contribution in [1.29, 1.82) is 0 Å². The van der Waals surface area contributed by atoms with Crippen LogP contribution in [0.15, 0.2) is 0 Å². The molecule has 3 atom stereocenters. The molecule has 2 aliphatic rings. The van der Waals surface area contributed by atoms with Gasteiger partial charge in [-0.3, -0.25) is 9.69 Å². The van der Waals surface area contributed by atoms with E-state index in [9.17, 15) is 4.79 Å². The fraction of sp³-hybridized carbons (Fsp3) is 0.900. The van der Waals surface area contributed by atoms with Crippen LogP contribution in [0.25, 0.3) is 0 Å². The number of ketones is 1. The number of Topliss-reactive ketones (excluding diaryl/α,β-unsaturated/α-hetero) is 1. The molecule has 2 fully saturated rings. The standard InChI is InChI=1S/C10H17NOS/c1-3-8(12)10-7-4-5-13-9(7)6-11(10)2/h7,9-10H,3-6H2,1-2H3. The van der Waals surface area contributed by atoms with E-state index >= 15 is 0 Å². The van der Waals surface area contributed by atoms with Crippen molar-refractivity contribution >= 4 is 17.5 Å².